The predicted octanol–water partition coefficient (Wildman–Crippen LogP) is 1.81. The Morgan fingerprint density at radius 2 is 1.68 bits per heavy atom. The molecule has 1 aliphatic heterocycles. The van der Waals surface area contributed by atoms with Gasteiger partial charge in [-0.2, -0.15) is 0 Å². The molecule has 112 valence electrons. The Morgan fingerprint density at radius 1 is 1.11 bits per heavy atom. The fraction of sp³-hybridized carbons (Fsp3) is 0.923. The Balaban J connectivity index is 2.26. The first-order chi connectivity index (χ1) is 9.19. The van der Waals surface area contributed by atoms with E-state index < -0.39 is 8.80 Å². The van der Waals surface area contributed by atoms with Gasteiger partial charge in [-0.1, -0.05) is 6.92 Å². The number of nitrogens with zero attached hydrogens (tertiary/aromatic N) is 2. The van der Waals surface area contributed by atoms with Gasteiger partial charge in [0.2, 0.25) is 0 Å². The van der Waals surface area contributed by atoms with Crippen molar-refractivity contribution < 1.29 is 13.3 Å². The molecule has 1 rings (SSSR count). The van der Waals surface area contributed by atoms with Crippen molar-refractivity contribution in [3.8, 4) is 0 Å². The highest BCUT2D eigenvalue weighted by molar-refractivity contribution is 6.60. The molecular weight excluding hydrogens is 260 g/mol. The highest BCUT2D eigenvalue weighted by atomic mass is 28.4. The van der Waals surface area contributed by atoms with Crippen molar-refractivity contribution in [3.05, 3.63) is 0 Å². The van der Waals surface area contributed by atoms with Crippen LogP contribution >= 0.6 is 0 Å². The summed E-state index contributed by atoms with van der Waals surface area (Å²) in [5, 5.41) is 0. The van der Waals surface area contributed by atoms with Gasteiger partial charge < -0.3 is 18.2 Å². The van der Waals surface area contributed by atoms with Crippen molar-refractivity contribution >= 4 is 14.5 Å². The van der Waals surface area contributed by atoms with Gasteiger partial charge in [-0.3, -0.25) is 4.99 Å². The number of piperidine rings is 1. The van der Waals surface area contributed by atoms with Crippen LogP contribution in [0.2, 0.25) is 6.04 Å². The summed E-state index contributed by atoms with van der Waals surface area (Å²) >= 11 is 0. The molecule has 1 aliphatic rings. The van der Waals surface area contributed by atoms with Crippen LogP contribution < -0.4 is 0 Å². The molecule has 0 aliphatic carbocycles. The Hall–Kier alpha value is -0.273. The highest BCUT2D eigenvalue weighted by Crippen LogP contribution is 2.15. The molecule has 0 aromatic heterocycles. The zero-order valence-corrected chi connectivity index (χ0v) is 13.8. The third kappa shape index (κ3) is 5.31. The van der Waals surface area contributed by atoms with E-state index in [9.17, 15) is 0 Å². The van der Waals surface area contributed by atoms with E-state index in [1.807, 2.05) is 0 Å². The van der Waals surface area contributed by atoms with Crippen LogP contribution in [0, 0.1) is 0 Å². The molecule has 0 bridgehead atoms. The number of hydrogen-bond donors (Lipinski definition) is 0. The summed E-state index contributed by atoms with van der Waals surface area (Å²) in [7, 11) is 2.58. The van der Waals surface area contributed by atoms with Crippen molar-refractivity contribution in [1.29, 1.82) is 0 Å². The molecule has 0 N–H and O–H groups in total. The van der Waals surface area contributed by atoms with Crippen molar-refractivity contribution in [2.24, 2.45) is 4.99 Å². The molecule has 0 radical (unpaired) electrons. The number of hydrogen-bond acceptors (Lipinski definition) is 5. The van der Waals surface area contributed by atoms with E-state index in [-0.39, 0.29) is 0 Å². The second-order valence-electron chi connectivity index (χ2n) is 4.78. The summed E-state index contributed by atoms with van der Waals surface area (Å²) in [6.45, 7) is 6.53. The third-order valence-corrected chi connectivity index (χ3v) is 6.62. The fourth-order valence-electron chi connectivity index (χ4n) is 2.37. The van der Waals surface area contributed by atoms with Crippen molar-refractivity contribution in [2.45, 2.75) is 32.2 Å². The largest absolute Gasteiger partial charge is 0.500 e. The SMILES string of the molecule is CCN1CCC(=NCCC[Si](OC)(OC)OC)CC1. The van der Waals surface area contributed by atoms with E-state index in [1.54, 1.807) is 21.3 Å². The highest BCUT2D eigenvalue weighted by Gasteiger charge is 2.36. The Bertz CT molecular complexity index is 265. The van der Waals surface area contributed by atoms with Gasteiger partial charge >= 0.3 is 8.80 Å². The molecule has 0 aromatic carbocycles. The van der Waals surface area contributed by atoms with Gasteiger partial charge in [-0.05, 0) is 25.8 Å². The van der Waals surface area contributed by atoms with Gasteiger partial charge in [-0.15, -0.1) is 0 Å². The summed E-state index contributed by atoms with van der Waals surface area (Å²) < 4.78 is 16.2. The summed E-state index contributed by atoms with van der Waals surface area (Å²) in [6, 6.07) is 0.828. The molecule has 5 nitrogen and oxygen atoms in total. The lowest BCUT2D eigenvalue weighted by molar-refractivity contribution is 0.123. The Morgan fingerprint density at radius 3 is 2.16 bits per heavy atom. The van der Waals surface area contributed by atoms with Crippen LogP contribution in [0.1, 0.15) is 26.2 Å². The van der Waals surface area contributed by atoms with Crippen molar-refractivity contribution in [2.75, 3.05) is 47.5 Å². The maximum Gasteiger partial charge on any atom is 0.500 e. The van der Waals surface area contributed by atoms with E-state index in [0.717, 1.165) is 51.5 Å². The van der Waals surface area contributed by atoms with E-state index in [0.29, 0.717) is 0 Å². The first-order valence-corrected chi connectivity index (χ1v) is 9.03. The Labute approximate surface area is 118 Å². The van der Waals surface area contributed by atoms with Crippen LogP contribution in [0.25, 0.3) is 0 Å². The molecule has 6 heteroatoms. The van der Waals surface area contributed by atoms with E-state index >= 15 is 0 Å². The zero-order valence-electron chi connectivity index (χ0n) is 12.8. The minimum absolute atomic E-state index is 0.828. The first-order valence-electron chi connectivity index (χ1n) is 7.09. The Kier molecular flexibility index (Phi) is 7.78. The summed E-state index contributed by atoms with van der Waals surface area (Å²) in [5.41, 5.74) is 1.37. The quantitative estimate of drug-likeness (QED) is 0.505. The molecule has 0 unspecified atom stereocenters. The molecule has 0 spiro atoms. The molecule has 1 saturated heterocycles. The lowest BCUT2D eigenvalue weighted by atomic mass is 10.1. The summed E-state index contributed by atoms with van der Waals surface area (Å²) in [4.78, 5) is 7.17. The topological polar surface area (TPSA) is 43.3 Å². The summed E-state index contributed by atoms with van der Waals surface area (Å²) in [6.07, 6.45) is 3.20. The predicted molar refractivity (Wildman–Crippen MR) is 79.9 cm³/mol. The second-order valence-corrected chi connectivity index (χ2v) is 7.87. The number of likely N-dealkylation sites (tertiary alicyclic amines) is 1. The van der Waals surface area contributed by atoms with E-state index in [4.69, 9.17) is 18.3 Å². The minimum atomic E-state index is -2.40. The second kappa shape index (κ2) is 8.81. The van der Waals surface area contributed by atoms with Crippen LogP contribution in [-0.4, -0.2) is 66.9 Å². The van der Waals surface area contributed by atoms with E-state index in [1.165, 1.54) is 5.71 Å². The van der Waals surface area contributed by atoms with Gasteiger partial charge in [0.1, 0.15) is 0 Å². The average Bonchev–Trinajstić information content (AvgIpc) is 2.49. The maximum absolute atomic E-state index is 5.40. The van der Waals surface area contributed by atoms with Crippen LogP contribution in [0.5, 0.6) is 0 Å². The number of aliphatic imine (C=N–C) groups is 1. The number of rotatable bonds is 8. The monoisotopic (exact) mass is 288 g/mol. The molecule has 0 saturated carbocycles. The van der Waals surface area contributed by atoms with Crippen LogP contribution in [0.3, 0.4) is 0 Å². The maximum atomic E-state index is 5.40. The first kappa shape index (κ1) is 16.8. The van der Waals surface area contributed by atoms with Gasteiger partial charge in [-0.25, -0.2) is 0 Å². The molecule has 1 fully saturated rings. The normalized spacial score (nSPS) is 17.8. The lowest BCUT2D eigenvalue weighted by Gasteiger charge is -2.26. The van der Waals surface area contributed by atoms with Gasteiger partial charge in [0.15, 0.2) is 0 Å². The molecule has 0 aromatic rings. The summed E-state index contributed by atoms with van der Waals surface area (Å²) in [5.74, 6) is 0. The van der Waals surface area contributed by atoms with Gasteiger partial charge in [0.25, 0.3) is 0 Å². The van der Waals surface area contributed by atoms with Crippen molar-refractivity contribution in [1.82, 2.24) is 4.90 Å². The fourth-order valence-corrected chi connectivity index (χ4v) is 4.08. The van der Waals surface area contributed by atoms with Crippen molar-refractivity contribution in [3.63, 3.8) is 0 Å². The standard InChI is InChI=1S/C13H28N2O3Si/c1-5-15-10-7-13(8-11-15)14-9-6-12-19(16-2,17-3)18-4/h5-12H2,1-4H3. The zero-order chi connectivity index (χ0) is 14.1. The van der Waals surface area contributed by atoms with Crippen LogP contribution in [0.4, 0.5) is 0 Å². The van der Waals surface area contributed by atoms with Crippen LogP contribution in [0.15, 0.2) is 4.99 Å². The average molecular weight is 288 g/mol. The van der Waals surface area contributed by atoms with Gasteiger partial charge in [0, 0.05) is 52.7 Å². The molecule has 1 heterocycles. The molecule has 0 atom stereocenters. The molecule has 19 heavy (non-hydrogen) atoms. The van der Waals surface area contributed by atoms with Gasteiger partial charge in [0.05, 0.1) is 0 Å². The van der Waals surface area contributed by atoms with Crippen LogP contribution in [-0.2, 0) is 13.3 Å². The molecule has 0 amide bonds. The minimum Gasteiger partial charge on any atom is -0.377 e. The molecular formula is C13H28N2O3Si. The lowest BCUT2D eigenvalue weighted by Crippen LogP contribution is -2.42. The van der Waals surface area contributed by atoms with E-state index in [2.05, 4.69) is 11.8 Å². The smallest absolute Gasteiger partial charge is 0.377 e. The third-order valence-electron chi connectivity index (χ3n) is 3.79.